The van der Waals surface area contributed by atoms with E-state index >= 15 is 0 Å². The molecule has 1 aromatic heterocycles. The zero-order chi connectivity index (χ0) is 8.97. The van der Waals surface area contributed by atoms with Gasteiger partial charge in [-0.15, -0.1) is 0 Å². The van der Waals surface area contributed by atoms with Gasteiger partial charge < -0.3 is 0 Å². The predicted octanol–water partition coefficient (Wildman–Crippen LogP) is -0.964. The molecule has 0 saturated heterocycles. The monoisotopic (exact) mass is 244 g/mol. The molecule has 64 valence electrons. The predicted molar refractivity (Wildman–Crippen MR) is 51.9 cm³/mol. The van der Waals surface area contributed by atoms with E-state index in [1.54, 1.807) is 0 Å². The summed E-state index contributed by atoms with van der Waals surface area (Å²) in [6.45, 7) is 0.696. The standard InChI is InChI=1S/C6H9AsN4S/c8-2-1-7-6-11-5(10)4(3-9)12-6/h7H,1-2,8,10H2. The Morgan fingerprint density at radius 1 is 1.67 bits per heavy atom. The Kier molecular flexibility index (Phi) is 3.54. The van der Waals surface area contributed by atoms with Gasteiger partial charge in [0.25, 0.3) is 0 Å². The minimum absolute atomic E-state index is 0.252. The first-order chi connectivity index (χ1) is 5.77. The van der Waals surface area contributed by atoms with Crippen molar-refractivity contribution in [2.45, 2.75) is 5.21 Å². The maximum atomic E-state index is 8.59. The Balaban J connectivity index is 2.70. The van der Waals surface area contributed by atoms with Crippen molar-refractivity contribution in [1.29, 1.82) is 5.26 Å². The molecule has 4 N–H and O–H groups in total. The van der Waals surface area contributed by atoms with Crippen LogP contribution in [-0.4, -0.2) is 27.3 Å². The number of thiazole rings is 1. The van der Waals surface area contributed by atoms with Gasteiger partial charge in [-0.05, 0) is 0 Å². The Morgan fingerprint density at radius 2 is 2.42 bits per heavy atom. The van der Waals surface area contributed by atoms with E-state index in [0.717, 1.165) is 9.00 Å². The molecule has 6 heteroatoms. The van der Waals surface area contributed by atoms with Gasteiger partial charge in [0.15, 0.2) is 0 Å². The molecule has 0 spiro atoms. The molecule has 1 atom stereocenters. The summed E-state index contributed by atoms with van der Waals surface area (Å²) in [4.78, 5) is 4.63. The normalized spacial score (nSPS) is 10.7. The summed E-state index contributed by atoms with van der Waals surface area (Å²) in [5.41, 5.74) is 10.9. The van der Waals surface area contributed by atoms with Crippen LogP contribution in [0.5, 0.6) is 0 Å². The summed E-state index contributed by atoms with van der Waals surface area (Å²) in [6, 6.07) is 2.01. The third kappa shape index (κ3) is 2.21. The molecule has 4 nitrogen and oxygen atoms in total. The molecule has 0 aliphatic heterocycles. The van der Waals surface area contributed by atoms with E-state index in [2.05, 4.69) is 4.98 Å². The van der Waals surface area contributed by atoms with E-state index < -0.39 is 0 Å². The summed E-state index contributed by atoms with van der Waals surface area (Å²) in [7, 11) is 0. The van der Waals surface area contributed by atoms with Gasteiger partial charge in [-0.1, -0.05) is 0 Å². The molecule has 0 aliphatic carbocycles. The van der Waals surface area contributed by atoms with Gasteiger partial charge in [-0.25, -0.2) is 0 Å². The Morgan fingerprint density at radius 3 is 2.92 bits per heavy atom. The molecule has 0 aromatic carbocycles. The number of nitrogens with zero attached hydrogens (tertiary/aromatic N) is 2. The molecular weight excluding hydrogens is 235 g/mol. The average Bonchev–Trinajstić information content (AvgIpc) is 2.43. The van der Waals surface area contributed by atoms with Crippen LogP contribution in [0.3, 0.4) is 0 Å². The van der Waals surface area contributed by atoms with Crippen LogP contribution in [0.25, 0.3) is 0 Å². The molecule has 0 radical (unpaired) electrons. The molecule has 1 heterocycles. The molecule has 0 aliphatic rings. The van der Waals surface area contributed by atoms with Crippen LogP contribution in [0, 0.1) is 11.3 Å². The molecule has 0 fully saturated rings. The van der Waals surface area contributed by atoms with Crippen LogP contribution in [0.15, 0.2) is 0 Å². The van der Waals surface area contributed by atoms with E-state index in [-0.39, 0.29) is 15.8 Å². The zero-order valence-electron chi connectivity index (χ0n) is 6.37. The first-order valence-corrected chi connectivity index (χ1v) is 6.73. The third-order valence-corrected chi connectivity index (χ3v) is 5.36. The summed E-state index contributed by atoms with van der Waals surface area (Å²) in [5.74, 6) is 0.373. The molecule has 0 saturated carbocycles. The van der Waals surface area contributed by atoms with E-state index in [1.807, 2.05) is 6.07 Å². The average molecular weight is 244 g/mol. The number of hydrogen-bond acceptors (Lipinski definition) is 5. The fourth-order valence-electron chi connectivity index (χ4n) is 0.667. The van der Waals surface area contributed by atoms with Crippen LogP contribution in [-0.2, 0) is 0 Å². The first kappa shape index (κ1) is 9.53. The second-order valence-corrected chi connectivity index (χ2v) is 6.60. The fraction of sp³-hybridized carbons (Fsp3) is 0.333. The zero-order valence-corrected chi connectivity index (χ0v) is 9.29. The van der Waals surface area contributed by atoms with Crippen LogP contribution in [0.4, 0.5) is 5.82 Å². The number of rotatable bonds is 3. The Hall–Kier alpha value is -0.562. The molecule has 1 unspecified atom stereocenters. The number of anilines is 1. The van der Waals surface area contributed by atoms with E-state index in [1.165, 1.54) is 11.3 Å². The SMILES string of the molecule is N#Cc1sc([AsH]CCN)nc1N. The summed E-state index contributed by atoms with van der Waals surface area (Å²) in [5, 5.41) is 9.60. The van der Waals surface area contributed by atoms with E-state index in [0.29, 0.717) is 17.2 Å². The molecular formula is C6H9AsN4S. The Labute approximate surface area is 81.3 Å². The quantitative estimate of drug-likeness (QED) is 0.670. The van der Waals surface area contributed by atoms with Gasteiger partial charge in [-0.3, -0.25) is 0 Å². The van der Waals surface area contributed by atoms with Crippen molar-refractivity contribution in [2.24, 2.45) is 5.73 Å². The Bertz CT molecular complexity index is 303. The molecule has 1 aromatic rings. The van der Waals surface area contributed by atoms with Crippen molar-refractivity contribution in [2.75, 3.05) is 12.3 Å². The minimum atomic E-state index is -0.252. The number of nitriles is 1. The van der Waals surface area contributed by atoms with Crippen molar-refractivity contribution in [1.82, 2.24) is 4.98 Å². The van der Waals surface area contributed by atoms with Crippen molar-refractivity contribution in [3.8, 4) is 6.07 Å². The fourth-order valence-corrected chi connectivity index (χ4v) is 4.07. The molecule has 1 rings (SSSR count). The van der Waals surface area contributed by atoms with Crippen LogP contribution >= 0.6 is 11.3 Å². The molecule has 0 bridgehead atoms. The van der Waals surface area contributed by atoms with Crippen LogP contribution < -0.4 is 15.3 Å². The summed E-state index contributed by atoms with van der Waals surface area (Å²) >= 11 is 1.15. The van der Waals surface area contributed by atoms with E-state index in [9.17, 15) is 0 Å². The van der Waals surface area contributed by atoms with Gasteiger partial charge in [0.05, 0.1) is 0 Å². The number of nitrogen functional groups attached to an aromatic ring is 1. The van der Waals surface area contributed by atoms with E-state index in [4.69, 9.17) is 16.7 Å². The summed E-state index contributed by atoms with van der Waals surface area (Å²) in [6.07, 6.45) is 0. The van der Waals surface area contributed by atoms with Gasteiger partial charge in [0.1, 0.15) is 0 Å². The van der Waals surface area contributed by atoms with Crippen molar-refractivity contribution < 1.29 is 0 Å². The van der Waals surface area contributed by atoms with Gasteiger partial charge in [-0.2, -0.15) is 0 Å². The van der Waals surface area contributed by atoms with Gasteiger partial charge in [0, 0.05) is 0 Å². The summed E-state index contributed by atoms with van der Waals surface area (Å²) < 4.78 is 1.02. The van der Waals surface area contributed by atoms with Crippen molar-refractivity contribution >= 4 is 36.7 Å². The van der Waals surface area contributed by atoms with Crippen molar-refractivity contribution in [3.63, 3.8) is 0 Å². The van der Waals surface area contributed by atoms with Gasteiger partial charge >= 0.3 is 81.1 Å². The molecule has 0 amide bonds. The third-order valence-electron chi connectivity index (χ3n) is 1.18. The molecule has 12 heavy (non-hydrogen) atoms. The first-order valence-electron chi connectivity index (χ1n) is 3.38. The topological polar surface area (TPSA) is 88.7 Å². The number of aromatic nitrogens is 1. The number of hydrogen-bond donors (Lipinski definition) is 2. The second kappa shape index (κ2) is 4.46. The maximum absolute atomic E-state index is 8.59. The number of nitrogens with two attached hydrogens (primary N) is 2. The van der Waals surface area contributed by atoms with Crippen LogP contribution in [0.2, 0.25) is 5.21 Å². The van der Waals surface area contributed by atoms with Gasteiger partial charge in [0.2, 0.25) is 0 Å². The van der Waals surface area contributed by atoms with Crippen molar-refractivity contribution in [3.05, 3.63) is 4.88 Å². The second-order valence-electron chi connectivity index (χ2n) is 2.06. The van der Waals surface area contributed by atoms with Crippen LogP contribution in [0.1, 0.15) is 4.88 Å².